The van der Waals surface area contributed by atoms with E-state index in [1.165, 1.54) is 0 Å². The Morgan fingerprint density at radius 1 is 1.11 bits per heavy atom. The second kappa shape index (κ2) is 8.27. The summed E-state index contributed by atoms with van der Waals surface area (Å²) in [5, 5.41) is 0.920. The Balaban J connectivity index is 1.46. The minimum atomic E-state index is -4.57. The Kier molecular flexibility index (Phi) is 5.20. The molecule has 0 saturated carbocycles. The molecule has 0 N–H and O–H groups in total. The number of benzene rings is 2. The van der Waals surface area contributed by atoms with Crippen LogP contribution in [0.3, 0.4) is 0 Å². The summed E-state index contributed by atoms with van der Waals surface area (Å²) in [5.41, 5.74) is -0.458. The van der Waals surface area contributed by atoms with Gasteiger partial charge in [0.15, 0.2) is 0 Å². The molecule has 1 atom stereocenters. The number of hydrogen-bond acceptors (Lipinski definition) is 6. The predicted octanol–water partition coefficient (Wildman–Crippen LogP) is 4.96. The molecule has 2 aromatic carbocycles. The number of esters is 2. The maximum absolute atomic E-state index is 13.6. The fraction of sp³-hybridized carbons (Fsp3) is 0.214. The van der Waals surface area contributed by atoms with E-state index < -0.39 is 34.8 Å². The lowest BCUT2D eigenvalue weighted by Gasteiger charge is -2.35. The van der Waals surface area contributed by atoms with E-state index >= 15 is 0 Å². The van der Waals surface area contributed by atoms with Crippen molar-refractivity contribution in [3.63, 3.8) is 0 Å². The second-order valence-electron chi connectivity index (χ2n) is 9.22. The highest BCUT2D eigenvalue weighted by Gasteiger charge is 2.50. The maximum atomic E-state index is 13.6. The minimum Gasteiger partial charge on any atom is -0.457 e. The van der Waals surface area contributed by atoms with Crippen LogP contribution in [0.5, 0.6) is 0 Å². The highest BCUT2D eigenvalue weighted by atomic mass is 19.4. The first kappa shape index (κ1) is 23.9. The standard InChI is InChI=1S/C28H19F3N2O5/c1-2-27(38-25(35)15-7-9-18(10-8-15)28(29,30)31)20-12-22-23-17(11-16-5-3-4-6-21(16)32-23)13-33(22)24(34)19(20)14-37-26(27)36/h3-12H,2,13-14H2,1H3. The molecule has 7 nitrogen and oxygen atoms in total. The van der Waals surface area contributed by atoms with Crippen LogP contribution in [0, 0.1) is 0 Å². The van der Waals surface area contributed by atoms with E-state index in [4.69, 9.17) is 14.5 Å². The Morgan fingerprint density at radius 3 is 2.55 bits per heavy atom. The van der Waals surface area contributed by atoms with Gasteiger partial charge in [0.25, 0.3) is 5.56 Å². The Labute approximate surface area is 213 Å². The lowest BCUT2D eigenvalue weighted by atomic mass is 9.85. The van der Waals surface area contributed by atoms with Crippen molar-refractivity contribution in [3.8, 4) is 11.4 Å². The number of hydrogen-bond donors (Lipinski definition) is 0. The van der Waals surface area contributed by atoms with E-state index in [9.17, 15) is 27.6 Å². The van der Waals surface area contributed by atoms with Crippen LogP contribution in [0.2, 0.25) is 0 Å². The van der Waals surface area contributed by atoms with Crippen LogP contribution >= 0.6 is 0 Å². The molecule has 0 bridgehead atoms. The summed E-state index contributed by atoms with van der Waals surface area (Å²) in [4.78, 5) is 44.5. The Morgan fingerprint density at radius 2 is 1.84 bits per heavy atom. The van der Waals surface area contributed by atoms with Crippen molar-refractivity contribution in [1.82, 2.24) is 9.55 Å². The molecular formula is C28H19F3N2O5. The topological polar surface area (TPSA) is 87.5 Å². The monoisotopic (exact) mass is 520 g/mol. The number of carbonyl (C=O) groups excluding carboxylic acids is 2. The zero-order valence-corrected chi connectivity index (χ0v) is 20.0. The van der Waals surface area contributed by atoms with E-state index in [1.807, 2.05) is 30.3 Å². The van der Waals surface area contributed by atoms with E-state index in [0.717, 1.165) is 40.7 Å². The number of rotatable bonds is 3. The molecule has 2 aliphatic rings. The van der Waals surface area contributed by atoms with Gasteiger partial charge < -0.3 is 14.0 Å². The summed E-state index contributed by atoms with van der Waals surface area (Å²) in [6.07, 6.45) is -4.64. The summed E-state index contributed by atoms with van der Waals surface area (Å²) in [6.45, 7) is 1.59. The molecule has 6 rings (SSSR count). The van der Waals surface area contributed by atoms with Gasteiger partial charge >= 0.3 is 18.1 Å². The number of cyclic esters (lactones) is 1. The van der Waals surface area contributed by atoms with Gasteiger partial charge in [0.2, 0.25) is 5.60 Å². The van der Waals surface area contributed by atoms with Crippen molar-refractivity contribution in [2.24, 2.45) is 0 Å². The fourth-order valence-electron chi connectivity index (χ4n) is 5.09. The van der Waals surface area contributed by atoms with E-state index in [1.54, 1.807) is 17.6 Å². The van der Waals surface area contributed by atoms with Gasteiger partial charge in [-0.3, -0.25) is 4.79 Å². The van der Waals surface area contributed by atoms with Crippen molar-refractivity contribution in [2.45, 2.75) is 38.3 Å². The van der Waals surface area contributed by atoms with Gasteiger partial charge in [-0.15, -0.1) is 0 Å². The number of ether oxygens (including phenoxy) is 2. The van der Waals surface area contributed by atoms with Crippen molar-refractivity contribution in [2.75, 3.05) is 0 Å². The fourth-order valence-corrected chi connectivity index (χ4v) is 5.09. The summed E-state index contributed by atoms with van der Waals surface area (Å²) >= 11 is 0. The number of pyridine rings is 2. The minimum absolute atomic E-state index is 0.0634. The van der Waals surface area contributed by atoms with Gasteiger partial charge in [0, 0.05) is 16.5 Å². The van der Waals surface area contributed by atoms with Crippen LogP contribution in [0.25, 0.3) is 22.3 Å². The lowest BCUT2D eigenvalue weighted by Crippen LogP contribution is -2.47. The van der Waals surface area contributed by atoms with E-state index in [0.29, 0.717) is 11.4 Å². The summed E-state index contributed by atoms with van der Waals surface area (Å²) in [5.74, 6) is -1.88. The smallest absolute Gasteiger partial charge is 0.416 e. The van der Waals surface area contributed by atoms with Gasteiger partial charge in [-0.1, -0.05) is 25.1 Å². The SMILES string of the molecule is CCC1(OC(=O)c2ccc(C(F)(F)F)cc2)C(=O)OCc2c1cc1n(c2=O)Cc2cc3ccccc3nc2-1. The van der Waals surface area contributed by atoms with Crippen LogP contribution < -0.4 is 5.56 Å². The lowest BCUT2D eigenvalue weighted by molar-refractivity contribution is -0.173. The first-order valence-corrected chi connectivity index (χ1v) is 11.9. The molecule has 0 fully saturated rings. The molecule has 2 aromatic heterocycles. The maximum Gasteiger partial charge on any atom is 0.416 e. The Bertz CT molecular complexity index is 1710. The van der Waals surface area contributed by atoms with Crippen molar-refractivity contribution in [1.29, 1.82) is 0 Å². The average Bonchev–Trinajstić information content (AvgIpc) is 3.26. The average molecular weight is 520 g/mol. The van der Waals surface area contributed by atoms with Crippen molar-refractivity contribution < 1.29 is 32.2 Å². The number of alkyl halides is 3. The third-order valence-corrected chi connectivity index (χ3v) is 7.10. The first-order chi connectivity index (χ1) is 18.1. The molecule has 0 saturated heterocycles. The number of aromatic nitrogens is 2. The highest BCUT2D eigenvalue weighted by molar-refractivity contribution is 5.94. The summed E-state index contributed by atoms with van der Waals surface area (Å²) < 4.78 is 51.4. The van der Waals surface area contributed by atoms with Crippen molar-refractivity contribution >= 4 is 22.8 Å². The van der Waals surface area contributed by atoms with Crippen LogP contribution in [0.4, 0.5) is 13.2 Å². The van der Waals surface area contributed by atoms with Crippen LogP contribution in [0.15, 0.2) is 65.5 Å². The summed E-state index contributed by atoms with van der Waals surface area (Å²) in [6, 6.07) is 14.6. The molecule has 0 spiro atoms. The van der Waals surface area contributed by atoms with Gasteiger partial charge in [-0.25, -0.2) is 14.6 Å². The molecule has 4 heterocycles. The van der Waals surface area contributed by atoms with Gasteiger partial charge in [-0.2, -0.15) is 13.2 Å². The van der Waals surface area contributed by atoms with E-state index in [2.05, 4.69) is 0 Å². The van der Waals surface area contributed by atoms with Crippen molar-refractivity contribution in [3.05, 3.63) is 98.8 Å². The zero-order valence-electron chi connectivity index (χ0n) is 20.0. The van der Waals surface area contributed by atoms with Gasteiger partial charge in [0.1, 0.15) is 6.61 Å². The number of halogens is 3. The van der Waals surface area contributed by atoms with Gasteiger partial charge in [0.05, 0.1) is 40.1 Å². The molecular weight excluding hydrogens is 501 g/mol. The quantitative estimate of drug-likeness (QED) is 0.313. The van der Waals surface area contributed by atoms with Gasteiger partial charge in [-0.05, 0) is 48.9 Å². The Hall–Kier alpha value is -4.47. The molecule has 0 amide bonds. The van der Waals surface area contributed by atoms with Crippen LogP contribution in [0.1, 0.15) is 46.0 Å². The third kappa shape index (κ3) is 3.51. The first-order valence-electron chi connectivity index (χ1n) is 11.9. The predicted molar refractivity (Wildman–Crippen MR) is 129 cm³/mol. The number of fused-ring (bicyclic) bond motifs is 5. The zero-order chi connectivity index (χ0) is 26.8. The molecule has 10 heteroatoms. The number of carbonyl (C=O) groups is 2. The molecule has 2 aliphatic heterocycles. The molecule has 4 aromatic rings. The highest BCUT2D eigenvalue weighted by Crippen LogP contribution is 2.41. The normalized spacial score (nSPS) is 17.9. The molecule has 1 unspecified atom stereocenters. The summed E-state index contributed by atoms with van der Waals surface area (Å²) in [7, 11) is 0. The van der Waals surface area contributed by atoms with Crippen LogP contribution in [-0.4, -0.2) is 21.5 Å². The second-order valence-corrected chi connectivity index (χ2v) is 9.22. The molecule has 0 aliphatic carbocycles. The molecule has 38 heavy (non-hydrogen) atoms. The molecule has 192 valence electrons. The number of para-hydroxylation sites is 1. The third-order valence-electron chi connectivity index (χ3n) is 7.10. The van der Waals surface area contributed by atoms with Crippen LogP contribution in [-0.2, 0) is 39.2 Å². The largest absolute Gasteiger partial charge is 0.457 e. The van der Waals surface area contributed by atoms with E-state index in [-0.39, 0.29) is 36.3 Å². The molecule has 0 radical (unpaired) electrons. The number of nitrogens with zero attached hydrogens (tertiary/aromatic N) is 2.